The molecule has 4 heteroatoms. The molecule has 0 aliphatic heterocycles. The first-order valence-electron chi connectivity index (χ1n) is 4.82. The van der Waals surface area contributed by atoms with Gasteiger partial charge in [0.15, 0.2) is 0 Å². The molecule has 0 radical (unpaired) electrons. The van der Waals surface area contributed by atoms with Crippen molar-refractivity contribution in [1.29, 1.82) is 0 Å². The maximum absolute atomic E-state index is 6.04. The van der Waals surface area contributed by atoms with Crippen LogP contribution in [0.2, 0.25) is 5.02 Å². The van der Waals surface area contributed by atoms with Crippen molar-refractivity contribution in [1.82, 2.24) is 9.97 Å². The Balaban J connectivity index is 2.61. The number of fused-ring (bicyclic) bond motifs is 1. The molecule has 2 N–H and O–H groups in total. The van der Waals surface area contributed by atoms with Crippen LogP contribution in [-0.4, -0.2) is 16.0 Å². The molecule has 78 valence electrons. The Bertz CT molecular complexity index is 482. The molecule has 1 heterocycles. The van der Waals surface area contributed by atoms with E-state index in [1.165, 1.54) is 6.33 Å². The molecule has 1 aromatic carbocycles. The predicted molar refractivity (Wildman–Crippen MR) is 61.9 cm³/mol. The van der Waals surface area contributed by atoms with Gasteiger partial charge in [-0.1, -0.05) is 23.7 Å². The van der Waals surface area contributed by atoms with E-state index in [9.17, 15) is 0 Å². The fourth-order valence-corrected chi connectivity index (χ4v) is 1.80. The monoisotopic (exact) mass is 221 g/mol. The second kappa shape index (κ2) is 4.13. The van der Waals surface area contributed by atoms with Crippen molar-refractivity contribution in [3.63, 3.8) is 0 Å². The van der Waals surface area contributed by atoms with Crippen molar-refractivity contribution in [3.05, 3.63) is 35.2 Å². The van der Waals surface area contributed by atoms with Gasteiger partial charge in [-0.3, -0.25) is 0 Å². The summed E-state index contributed by atoms with van der Waals surface area (Å²) < 4.78 is 0. The number of halogens is 1. The van der Waals surface area contributed by atoms with E-state index >= 15 is 0 Å². The average Bonchev–Trinajstić information content (AvgIpc) is 2.19. The summed E-state index contributed by atoms with van der Waals surface area (Å²) in [7, 11) is 0. The molecule has 0 spiro atoms. The van der Waals surface area contributed by atoms with Crippen molar-refractivity contribution in [2.75, 3.05) is 0 Å². The maximum atomic E-state index is 6.04. The van der Waals surface area contributed by atoms with Crippen molar-refractivity contribution >= 4 is 22.5 Å². The molecule has 1 atom stereocenters. The van der Waals surface area contributed by atoms with Gasteiger partial charge in [-0.2, -0.15) is 0 Å². The van der Waals surface area contributed by atoms with Gasteiger partial charge in [-0.25, -0.2) is 9.97 Å². The Morgan fingerprint density at radius 3 is 2.93 bits per heavy atom. The highest BCUT2D eigenvalue weighted by Gasteiger charge is 2.07. The Hall–Kier alpha value is -1.19. The molecule has 1 unspecified atom stereocenters. The van der Waals surface area contributed by atoms with E-state index in [0.717, 1.165) is 23.0 Å². The molecule has 15 heavy (non-hydrogen) atoms. The molecule has 1 aromatic heterocycles. The first-order chi connectivity index (χ1) is 7.18. The van der Waals surface area contributed by atoms with E-state index in [0.29, 0.717) is 5.02 Å². The van der Waals surface area contributed by atoms with E-state index in [2.05, 4.69) is 9.97 Å². The third-order valence-corrected chi connectivity index (χ3v) is 2.52. The van der Waals surface area contributed by atoms with Gasteiger partial charge in [0.25, 0.3) is 0 Å². The summed E-state index contributed by atoms with van der Waals surface area (Å²) in [6, 6.07) is 5.78. The van der Waals surface area contributed by atoms with Gasteiger partial charge in [0.05, 0.1) is 16.2 Å². The van der Waals surface area contributed by atoms with Crippen LogP contribution in [0.25, 0.3) is 10.9 Å². The number of para-hydroxylation sites is 1. The topological polar surface area (TPSA) is 51.8 Å². The number of nitrogens with zero attached hydrogens (tertiary/aromatic N) is 2. The van der Waals surface area contributed by atoms with Crippen LogP contribution >= 0.6 is 11.6 Å². The average molecular weight is 222 g/mol. The Labute approximate surface area is 93.3 Å². The van der Waals surface area contributed by atoms with Gasteiger partial charge >= 0.3 is 0 Å². The van der Waals surface area contributed by atoms with Gasteiger partial charge < -0.3 is 5.73 Å². The quantitative estimate of drug-likeness (QED) is 0.846. The lowest BCUT2D eigenvalue weighted by atomic mass is 10.1. The highest BCUT2D eigenvalue weighted by Crippen LogP contribution is 2.22. The maximum Gasteiger partial charge on any atom is 0.116 e. The summed E-state index contributed by atoms with van der Waals surface area (Å²) in [5, 5.41) is 1.64. The third-order valence-electron chi connectivity index (χ3n) is 2.21. The van der Waals surface area contributed by atoms with E-state index in [1.54, 1.807) is 0 Å². The van der Waals surface area contributed by atoms with Crippen LogP contribution in [0, 0.1) is 0 Å². The zero-order chi connectivity index (χ0) is 10.8. The van der Waals surface area contributed by atoms with Crippen molar-refractivity contribution in [2.45, 2.75) is 19.4 Å². The molecule has 0 amide bonds. The van der Waals surface area contributed by atoms with Crippen LogP contribution in [-0.2, 0) is 6.42 Å². The summed E-state index contributed by atoms with van der Waals surface area (Å²) >= 11 is 6.04. The summed E-state index contributed by atoms with van der Waals surface area (Å²) in [6.45, 7) is 1.96. The summed E-state index contributed by atoms with van der Waals surface area (Å²) in [4.78, 5) is 8.40. The summed E-state index contributed by atoms with van der Waals surface area (Å²) in [5.74, 6) is 0. The lowest BCUT2D eigenvalue weighted by Gasteiger charge is -2.07. The van der Waals surface area contributed by atoms with E-state index in [1.807, 2.05) is 25.1 Å². The molecule has 2 aromatic rings. The number of rotatable bonds is 2. The summed E-state index contributed by atoms with van der Waals surface area (Å²) in [6.07, 6.45) is 2.27. The lowest BCUT2D eigenvalue weighted by molar-refractivity contribution is 0.725. The minimum absolute atomic E-state index is 0.0853. The molecule has 2 rings (SSSR count). The van der Waals surface area contributed by atoms with E-state index in [-0.39, 0.29) is 6.04 Å². The SMILES string of the molecule is CC(N)Cc1ncnc2c(Cl)cccc12. The second-order valence-corrected chi connectivity index (χ2v) is 4.04. The van der Waals surface area contributed by atoms with Gasteiger partial charge in [0, 0.05) is 17.8 Å². The number of hydrogen-bond acceptors (Lipinski definition) is 3. The van der Waals surface area contributed by atoms with Gasteiger partial charge in [0.2, 0.25) is 0 Å². The van der Waals surface area contributed by atoms with Gasteiger partial charge in [-0.15, -0.1) is 0 Å². The largest absolute Gasteiger partial charge is 0.328 e. The van der Waals surface area contributed by atoms with Gasteiger partial charge in [-0.05, 0) is 13.0 Å². The Kier molecular flexibility index (Phi) is 2.84. The minimum atomic E-state index is 0.0853. The highest BCUT2D eigenvalue weighted by molar-refractivity contribution is 6.35. The molecule has 0 saturated carbocycles. The second-order valence-electron chi connectivity index (χ2n) is 3.64. The molecular formula is C11H12ClN3. The van der Waals surface area contributed by atoms with Crippen LogP contribution in [0.15, 0.2) is 24.5 Å². The highest BCUT2D eigenvalue weighted by atomic mass is 35.5. The third kappa shape index (κ3) is 2.08. The number of aromatic nitrogens is 2. The lowest BCUT2D eigenvalue weighted by Crippen LogP contribution is -2.18. The van der Waals surface area contributed by atoms with Crippen molar-refractivity contribution < 1.29 is 0 Å². The Morgan fingerprint density at radius 2 is 2.20 bits per heavy atom. The zero-order valence-corrected chi connectivity index (χ0v) is 9.20. The smallest absolute Gasteiger partial charge is 0.116 e. The van der Waals surface area contributed by atoms with Gasteiger partial charge in [0.1, 0.15) is 6.33 Å². The molecule has 0 aliphatic carbocycles. The molecule has 0 fully saturated rings. The van der Waals surface area contributed by atoms with Crippen LogP contribution < -0.4 is 5.73 Å². The first-order valence-corrected chi connectivity index (χ1v) is 5.20. The standard InChI is InChI=1S/C11H12ClN3/c1-7(13)5-10-8-3-2-4-9(12)11(8)15-6-14-10/h2-4,6-7H,5,13H2,1H3. The van der Waals surface area contributed by atoms with Crippen LogP contribution in [0.1, 0.15) is 12.6 Å². The van der Waals surface area contributed by atoms with Crippen LogP contribution in [0.4, 0.5) is 0 Å². The molecule has 0 saturated heterocycles. The summed E-state index contributed by atoms with van der Waals surface area (Å²) in [5.41, 5.74) is 7.51. The minimum Gasteiger partial charge on any atom is -0.328 e. The zero-order valence-electron chi connectivity index (χ0n) is 8.44. The number of hydrogen-bond donors (Lipinski definition) is 1. The molecule has 0 bridgehead atoms. The molecule has 0 aliphatic rings. The van der Waals surface area contributed by atoms with E-state index < -0.39 is 0 Å². The van der Waals surface area contributed by atoms with Crippen LogP contribution in [0.5, 0.6) is 0 Å². The molecule has 3 nitrogen and oxygen atoms in total. The number of nitrogens with two attached hydrogens (primary N) is 1. The fraction of sp³-hybridized carbons (Fsp3) is 0.273. The fourth-order valence-electron chi connectivity index (χ4n) is 1.57. The van der Waals surface area contributed by atoms with Crippen molar-refractivity contribution in [2.24, 2.45) is 5.73 Å². The first kappa shape index (κ1) is 10.3. The Morgan fingerprint density at radius 1 is 1.40 bits per heavy atom. The van der Waals surface area contributed by atoms with E-state index in [4.69, 9.17) is 17.3 Å². The van der Waals surface area contributed by atoms with Crippen molar-refractivity contribution in [3.8, 4) is 0 Å². The van der Waals surface area contributed by atoms with Crippen LogP contribution in [0.3, 0.4) is 0 Å². The molecular weight excluding hydrogens is 210 g/mol. The number of benzene rings is 1. The normalized spacial score (nSPS) is 13.0. The predicted octanol–water partition coefficient (Wildman–Crippen LogP) is 2.17.